The van der Waals surface area contributed by atoms with Crippen LogP contribution in [0.4, 0.5) is 0 Å². The Morgan fingerprint density at radius 3 is 2.44 bits per heavy atom. The second-order valence-corrected chi connectivity index (χ2v) is 4.83. The highest BCUT2D eigenvalue weighted by Gasteiger charge is 2.24. The second-order valence-electron chi connectivity index (χ2n) is 4.83. The maximum atomic E-state index is 6.39. The van der Waals surface area contributed by atoms with Crippen LogP contribution in [0.15, 0.2) is 30.3 Å². The van der Waals surface area contributed by atoms with Gasteiger partial charge in [0.15, 0.2) is 0 Å². The van der Waals surface area contributed by atoms with E-state index in [0.29, 0.717) is 6.04 Å². The number of rotatable bonds is 2. The highest BCUT2D eigenvalue weighted by Crippen LogP contribution is 2.25. The summed E-state index contributed by atoms with van der Waals surface area (Å²) in [5.41, 5.74) is 7.65. The van der Waals surface area contributed by atoms with Gasteiger partial charge in [-0.05, 0) is 32.0 Å². The second kappa shape index (κ2) is 8.28. The van der Waals surface area contributed by atoms with Gasteiger partial charge in [-0.2, -0.15) is 0 Å². The van der Waals surface area contributed by atoms with E-state index in [4.69, 9.17) is 5.73 Å². The Morgan fingerprint density at radius 1 is 1.11 bits per heavy atom. The van der Waals surface area contributed by atoms with Crippen LogP contribution in [0.3, 0.4) is 0 Å². The van der Waals surface area contributed by atoms with E-state index in [0.717, 1.165) is 0 Å². The smallest absolute Gasteiger partial charge is 0.0452 e. The van der Waals surface area contributed by atoms with Crippen molar-refractivity contribution in [2.24, 2.45) is 5.73 Å². The van der Waals surface area contributed by atoms with Crippen molar-refractivity contribution in [3.05, 3.63) is 35.9 Å². The van der Waals surface area contributed by atoms with Gasteiger partial charge in [0.05, 0.1) is 0 Å². The van der Waals surface area contributed by atoms with Gasteiger partial charge in [0.2, 0.25) is 0 Å². The molecule has 0 aliphatic carbocycles. The summed E-state index contributed by atoms with van der Waals surface area (Å²) in [6.45, 7) is 5.19. The minimum absolute atomic E-state index is 0.157. The average Bonchev–Trinajstić information content (AvgIpc) is 2.66. The molecule has 1 aromatic rings. The van der Waals surface area contributed by atoms with Crippen molar-refractivity contribution in [1.82, 2.24) is 4.90 Å². The summed E-state index contributed by atoms with van der Waals surface area (Å²) >= 11 is 0. The Kier molecular flexibility index (Phi) is 6.99. The molecule has 0 aromatic heterocycles. The third-order valence-electron chi connectivity index (χ3n) is 3.68. The van der Waals surface area contributed by atoms with E-state index >= 15 is 0 Å². The fourth-order valence-electron chi connectivity index (χ4n) is 2.63. The summed E-state index contributed by atoms with van der Waals surface area (Å²) in [5, 5.41) is 0. The minimum atomic E-state index is 0.157. The lowest BCUT2D eigenvalue weighted by Crippen LogP contribution is -2.39. The molecular weight excluding hydrogens is 220 g/mol. The van der Waals surface area contributed by atoms with Crippen LogP contribution in [0, 0.1) is 0 Å². The lowest BCUT2D eigenvalue weighted by molar-refractivity contribution is 0.214. The van der Waals surface area contributed by atoms with Gasteiger partial charge in [-0.1, -0.05) is 57.0 Å². The molecule has 102 valence electrons. The quantitative estimate of drug-likeness (QED) is 0.866. The highest BCUT2D eigenvalue weighted by atomic mass is 15.1. The molecule has 1 fully saturated rings. The monoisotopic (exact) mass is 248 g/mol. The van der Waals surface area contributed by atoms with Crippen molar-refractivity contribution < 1.29 is 0 Å². The Bertz CT molecular complexity index is 310. The first-order valence-electron chi connectivity index (χ1n) is 7.30. The number of nitrogens with zero attached hydrogens (tertiary/aromatic N) is 1. The molecule has 0 radical (unpaired) electrons. The van der Waals surface area contributed by atoms with Crippen LogP contribution in [0.25, 0.3) is 0 Å². The molecule has 0 bridgehead atoms. The van der Waals surface area contributed by atoms with Gasteiger partial charge in [0.1, 0.15) is 0 Å². The van der Waals surface area contributed by atoms with Crippen molar-refractivity contribution in [2.75, 3.05) is 13.6 Å². The van der Waals surface area contributed by atoms with Gasteiger partial charge < -0.3 is 10.6 Å². The molecule has 0 amide bonds. The topological polar surface area (TPSA) is 29.3 Å². The SMILES string of the molecule is CC.CN1CCCCCC1C(N)c1ccccc1. The number of nitrogens with two attached hydrogens (primary N) is 1. The van der Waals surface area contributed by atoms with Crippen molar-refractivity contribution in [3.8, 4) is 0 Å². The number of likely N-dealkylation sites (N-methyl/N-ethyl adjacent to an activating group) is 1. The predicted octanol–water partition coefficient (Wildman–Crippen LogP) is 3.59. The van der Waals surface area contributed by atoms with Crippen LogP contribution in [0.2, 0.25) is 0 Å². The maximum Gasteiger partial charge on any atom is 0.0452 e. The van der Waals surface area contributed by atoms with E-state index in [1.165, 1.54) is 37.8 Å². The van der Waals surface area contributed by atoms with Crippen LogP contribution in [-0.4, -0.2) is 24.5 Å². The zero-order valence-electron chi connectivity index (χ0n) is 12.1. The van der Waals surface area contributed by atoms with Gasteiger partial charge in [0.25, 0.3) is 0 Å². The van der Waals surface area contributed by atoms with Gasteiger partial charge in [-0.15, -0.1) is 0 Å². The van der Waals surface area contributed by atoms with E-state index < -0.39 is 0 Å². The summed E-state index contributed by atoms with van der Waals surface area (Å²) in [4.78, 5) is 2.44. The van der Waals surface area contributed by atoms with E-state index in [1.807, 2.05) is 19.9 Å². The fraction of sp³-hybridized carbons (Fsp3) is 0.625. The molecule has 2 N–H and O–H groups in total. The molecule has 1 aliphatic heterocycles. The zero-order valence-corrected chi connectivity index (χ0v) is 12.1. The molecule has 2 rings (SSSR count). The maximum absolute atomic E-state index is 6.39. The molecule has 0 saturated carbocycles. The molecule has 1 aromatic carbocycles. The zero-order chi connectivity index (χ0) is 13.4. The normalized spacial score (nSPS) is 22.6. The lowest BCUT2D eigenvalue weighted by Gasteiger charge is -2.31. The van der Waals surface area contributed by atoms with E-state index in [2.05, 4.69) is 36.2 Å². The predicted molar refractivity (Wildman–Crippen MR) is 79.6 cm³/mol. The largest absolute Gasteiger partial charge is 0.323 e. The van der Waals surface area contributed by atoms with E-state index in [-0.39, 0.29) is 6.04 Å². The molecule has 2 nitrogen and oxygen atoms in total. The first-order chi connectivity index (χ1) is 8.79. The summed E-state index contributed by atoms with van der Waals surface area (Å²) in [6, 6.07) is 11.1. The van der Waals surface area contributed by atoms with Crippen molar-refractivity contribution in [1.29, 1.82) is 0 Å². The molecular formula is C16H28N2. The van der Waals surface area contributed by atoms with Crippen LogP contribution in [0.1, 0.15) is 51.1 Å². The van der Waals surface area contributed by atoms with Gasteiger partial charge in [0, 0.05) is 12.1 Å². The summed E-state index contributed by atoms with van der Waals surface area (Å²) in [7, 11) is 2.21. The Labute approximate surface area is 112 Å². The van der Waals surface area contributed by atoms with Crippen LogP contribution in [0.5, 0.6) is 0 Å². The first kappa shape index (κ1) is 15.2. The summed E-state index contributed by atoms with van der Waals surface area (Å²) < 4.78 is 0. The minimum Gasteiger partial charge on any atom is -0.323 e. The number of hydrogen-bond donors (Lipinski definition) is 1. The molecule has 1 saturated heterocycles. The molecule has 18 heavy (non-hydrogen) atoms. The van der Waals surface area contributed by atoms with Gasteiger partial charge in [-0.25, -0.2) is 0 Å². The third kappa shape index (κ3) is 4.11. The molecule has 2 unspecified atom stereocenters. The Balaban J connectivity index is 0.000000771. The van der Waals surface area contributed by atoms with Crippen LogP contribution >= 0.6 is 0 Å². The third-order valence-corrected chi connectivity index (χ3v) is 3.68. The van der Waals surface area contributed by atoms with E-state index in [9.17, 15) is 0 Å². The molecule has 1 aliphatic rings. The fourth-order valence-corrected chi connectivity index (χ4v) is 2.63. The van der Waals surface area contributed by atoms with Gasteiger partial charge in [-0.3, -0.25) is 0 Å². The van der Waals surface area contributed by atoms with Crippen LogP contribution < -0.4 is 5.73 Å². The van der Waals surface area contributed by atoms with Gasteiger partial charge >= 0.3 is 0 Å². The van der Waals surface area contributed by atoms with Crippen molar-refractivity contribution in [2.45, 2.75) is 51.6 Å². The lowest BCUT2D eigenvalue weighted by atomic mass is 9.96. The van der Waals surface area contributed by atoms with Crippen molar-refractivity contribution >= 4 is 0 Å². The number of likely N-dealkylation sites (tertiary alicyclic amines) is 1. The molecule has 0 spiro atoms. The summed E-state index contributed by atoms with van der Waals surface area (Å²) in [6.07, 6.45) is 5.21. The molecule has 2 heteroatoms. The highest BCUT2D eigenvalue weighted by molar-refractivity contribution is 5.20. The molecule has 2 atom stereocenters. The average molecular weight is 248 g/mol. The Hall–Kier alpha value is -0.860. The standard InChI is InChI=1S/C14H22N2.C2H6/c1-16-11-7-3-6-10-13(16)14(15)12-8-4-2-5-9-12;1-2/h2,4-5,8-9,13-14H,3,6-7,10-11,15H2,1H3;1-2H3. The number of benzene rings is 1. The van der Waals surface area contributed by atoms with Crippen LogP contribution in [-0.2, 0) is 0 Å². The first-order valence-corrected chi connectivity index (χ1v) is 7.30. The summed E-state index contributed by atoms with van der Waals surface area (Å²) in [5.74, 6) is 0. The van der Waals surface area contributed by atoms with Crippen molar-refractivity contribution in [3.63, 3.8) is 0 Å². The Morgan fingerprint density at radius 2 is 1.78 bits per heavy atom. The molecule has 1 heterocycles. The number of hydrogen-bond acceptors (Lipinski definition) is 2. The van der Waals surface area contributed by atoms with E-state index in [1.54, 1.807) is 0 Å².